The summed E-state index contributed by atoms with van der Waals surface area (Å²) in [6.45, 7) is 0.535. The second-order valence-corrected chi connectivity index (χ2v) is 10.0. The lowest BCUT2D eigenvalue weighted by Crippen LogP contribution is -2.35. The summed E-state index contributed by atoms with van der Waals surface area (Å²) in [5.74, 6) is -0.276. The van der Waals surface area contributed by atoms with Gasteiger partial charge in [0.15, 0.2) is 5.69 Å². The van der Waals surface area contributed by atoms with E-state index in [0.717, 1.165) is 39.5 Å². The van der Waals surface area contributed by atoms with Crippen molar-refractivity contribution in [1.29, 1.82) is 0 Å². The van der Waals surface area contributed by atoms with Gasteiger partial charge in [-0.05, 0) is 59.1 Å². The van der Waals surface area contributed by atoms with Gasteiger partial charge in [-0.25, -0.2) is 8.42 Å². The third-order valence-corrected chi connectivity index (χ3v) is 7.95. The molecule has 3 aromatic rings. The summed E-state index contributed by atoms with van der Waals surface area (Å²) in [4.78, 5) is 16.4. The Kier molecular flexibility index (Phi) is 6.50. The number of benzene rings is 2. The molecule has 4 rings (SSSR count). The van der Waals surface area contributed by atoms with Crippen LogP contribution in [0.4, 0.5) is 5.69 Å². The van der Waals surface area contributed by atoms with Gasteiger partial charge in [0.05, 0.1) is 23.6 Å². The lowest BCUT2D eigenvalue weighted by atomic mass is 9.89. The molecule has 0 saturated carbocycles. The number of hydrogen-bond donors (Lipinski definition) is 4. The number of nitrogens with zero attached hydrogens (tertiary/aromatic N) is 3. The van der Waals surface area contributed by atoms with E-state index in [1.54, 1.807) is 18.2 Å². The number of aromatic nitrogens is 1. The van der Waals surface area contributed by atoms with Crippen molar-refractivity contribution < 1.29 is 23.7 Å². The number of hydrogen-bond acceptors (Lipinski definition) is 8. The third-order valence-electron chi connectivity index (χ3n) is 6.04. The Morgan fingerprint density at radius 1 is 1.12 bits per heavy atom. The van der Waals surface area contributed by atoms with E-state index >= 15 is 0 Å². The fourth-order valence-corrected chi connectivity index (χ4v) is 5.83. The number of aromatic hydroxyl groups is 1. The van der Waals surface area contributed by atoms with E-state index in [4.69, 9.17) is 0 Å². The van der Waals surface area contributed by atoms with E-state index < -0.39 is 10.0 Å². The third kappa shape index (κ3) is 4.13. The predicted octanol–water partition coefficient (Wildman–Crippen LogP) is 1.90. The monoisotopic (exact) mass is 474 g/mol. The molecule has 4 N–H and O–H groups in total. The number of likely N-dealkylation sites (N-methyl/N-ethyl adjacent to an activating group) is 1. The Balaban J connectivity index is 1.82. The van der Waals surface area contributed by atoms with Crippen LogP contribution in [0.25, 0.3) is 22.0 Å². The van der Waals surface area contributed by atoms with Gasteiger partial charge in [-0.3, -0.25) is 0 Å². The smallest absolute Gasteiger partial charge is 0.243 e. The zero-order valence-corrected chi connectivity index (χ0v) is 19.0. The molecule has 0 bridgehead atoms. The minimum absolute atomic E-state index is 0.0508. The number of sulfonamides is 1. The lowest BCUT2D eigenvalue weighted by Gasteiger charge is -2.27. The maximum absolute atomic E-state index is 12.9. The maximum atomic E-state index is 12.9. The van der Waals surface area contributed by atoms with Crippen molar-refractivity contribution in [2.45, 2.75) is 17.9 Å². The molecule has 0 aliphatic carbocycles. The summed E-state index contributed by atoms with van der Waals surface area (Å²) in [5, 5.41) is 32.0. The Labute approximate surface area is 191 Å². The van der Waals surface area contributed by atoms with Crippen molar-refractivity contribution in [3.8, 4) is 17.0 Å². The van der Waals surface area contributed by atoms with Gasteiger partial charge < -0.3 is 25.2 Å². The van der Waals surface area contributed by atoms with Crippen molar-refractivity contribution in [2.24, 2.45) is 5.18 Å². The van der Waals surface area contributed by atoms with E-state index in [1.165, 1.54) is 12.1 Å². The first kappa shape index (κ1) is 23.3. The molecule has 0 spiro atoms. The average molecular weight is 475 g/mol. The number of aliphatic hydroxyl groups excluding tert-OH is 2. The van der Waals surface area contributed by atoms with E-state index in [0.29, 0.717) is 17.4 Å². The first-order valence-corrected chi connectivity index (χ1v) is 12.0. The van der Waals surface area contributed by atoms with Gasteiger partial charge in [-0.2, -0.15) is 4.31 Å². The van der Waals surface area contributed by atoms with Gasteiger partial charge >= 0.3 is 0 Å². The van der Waals surface area contributed by atoms with Crippen LogP contribution < -0.4 is 0 Å². The van der Waals surface area contributed by atoms with Crippen molar-refractivity contribution in [3.05, 3.63) is 46.4 Å². The fraction of sp³-hybridized carbons (Fsp3) is 0.364. The molecule has 0 fully saturated rings. The van der Waals surface area contributed by atoms with Crippen LogP contribution in [0.5, 0.6) is 5.88 Å². The molecule has 176 valence electrons. The average Bonchev–Trinajstić information content (AvgIpc) is 3.13. The van der Waals surface area contributed by atoms with Crippen LogP contribution in [0.15, 0.2) is 40.4 Å². The van der Waals surface area contributed by atoms with Gasteiger partial charge in [0.1, 0.15) is 0 Å². The maximum Gasteiger partial charge on any atom is 0.243 e. The molecule has 11 heteroatoms. The van der Waals surface area contributed by atoms with Gasteiger partial charge in [0.2, 0.25) is 15.9 Å². The number of aliphatic hydroxyl groups is 2. The van der Waals surface area contributed by atoms with Gasteiger partial charge in [0, 0.05) is 31.6 Å². The first-order chi connectivity index (χ1) is 15.8. The molecule has 10 nitrogen and oxygen atoms in total. The highest BCUT2D eigenvalue weighted by Crippen LogP contribution is 2.43. The zero-order chi connectivity index (χ0) is 23.8. The molecule has 2 aromatic carbocycles. The van der Waals surface area contributed by atoms with E-state index in [9.17, 15) is 28.6 Å². The van der Waals surface area contributed by atoms with Crippen LogP contribution in [0.1, 0.15) is 11.1 Å². The summed E-state index contributed by atoms with van der Waals surface area (Å²) in [5.41, 5.74) is 4.28. The predicted molar refractivity (Wildman–Crippen MR) is 124 cm³/mol. The standard InChI is InChI=1S/C22H26N4O6S/c1-25-7-6-16-17(12-18-20(19(16)13-25)23-22(29)21(18)24-30)14-2-4-15(5-3-14)33(31,32)26(8-10-27)9-11-28/h2-5,12,23,27-29H,6-11,13H2,1H3. The number of rotatable bonds is 8. The summed E-state index contributed by atoms with van der Waals surface area (Å²) in [7, 11) is -1.89. The summed E-state index contributed by atoms with van der Waals surface area (Å²) < 4.78 is 26.9. The number of nitrogens with one attached hydrogen (secondary N) is 1. The Bertz CT molecular complexity index is 1280. The molecule has 1 aliphatic heterocycles. The number of H-pyrrole nitrogens is 1. The van der Waals surface area contributed by atoms with Crippen LogP contribution in [0.2, 0.25) is 0 Å². The SMILES string of the molecule is CN1CCc2c(-c3ccc(S(=O)(=O)N(CCO)CCO)cc3)cc3c(N=O)c(O)[nH]c3c2C1. The quantitative estimate of drug-likeness (QED) is 0.365. The topological polar surface area (TPSA) is 147 Å². The van der Waals surface area contributed by atoms with Crippen LogP contribution in [-0.4, -0.2) is 77.8 Å². The van der Waals surface area contributed by atoms with E-state index in [2.05, 4.69) is 15.1 Å². The minimum atomic E-state index is -3.88. The molecule has 0 radical (unpaired) electrons. The van der Waals surface area contributed by atoms with Gasteiger partial charge in [-0.1, -0.05) is 12.1 Å². The highest BCUT2D eigenvalue weighted by atomic mass is 32.2. The number of fused-ring (bicyclic) bond motifs is 3. The normalized spacial score (nSPS) is 14.7. The second kappa shape index (κ2) is 9.20. The molecule has 1 aliphatic rings. The van der Waals surface area contributed by atoms with Gasteiger partial charge in [0.25, 0.3) is 0 Å². The molecular formula is C22H26N4O6S. The summed E-state index contributed by atoms with van der Waals surface area (Å²) in [6, 6.07) is 8.18. The first-order valence-electron chi connectivity index (χ1n) is 10.6. The molecule has 2 heterocycles. The molecular weight excluding hydrogens is 448 g/mol. The summed E-state index contributed by atoms with van der Waals surface area (Å²) in [6.07, 6.45) is 0.752. The molecule has 0 amide bonds. The number of aromatic amines is 1. The van der Waals surface area contributed by atoms with Crippen LogP contribution in [0.3, 0.4) is 0 Å². The van der Waals surface area contributed by atoms with Crippen LogP contribution in [0, 0.1) is 4.91 Å². The largest absolute Gasteiger partial charge is 0.493 e. The summed E-state index contributed by atoms with van der Waals surface area (Å²) >= 11 is 0. The molecule has 33 heavy (non-hydrogen) atoms. The van der Waals surface area contributed by atoms with Crippen molar-refractivity contribution in [1.82, 2.24) is 14.2 Å². The Morgan fingerprint density at radius 3 is 2.39 bits per heavy atom. The molecule has 0 saturated heterocycles. The minimum Gasteiger partial charge on any atom is -0.493 e. The van der Waals surface area contributed by atoms with Crippen molar-refractivity contribution in [2.75, 3.05) is 39.9 Å². The lowest BCUT2D eigenvalue weighted by molar-refractivity contribution is 0.217. The molecule has 0 unspecified atom stereocenters. The molecule has 1 aromatic heterocycles. The van der Waals surface area contributed by atoms with Crippen LogP contribution in [-0.2, 0) is 23.0 Å². The zero-order valence-electron chi connectivity index (χ0n) is 18.2. The van der Waals surface area contributed by atoms with Crippen LogP contribution >= 0.6 is 0 Å². The number of nitroso groups, excluding NO2 is 1. The van der Waals surface area contributed by atoms with E-state index in [-0.39, 0.29) is 42.8 Å². The highest BCUT2D eigenvalue weighted by molar-refractivity contribution is 7.89. The Hall–Kier alpha value is -2.83. The van der Waals surface area contributed by atoms with Gasteiger partial charge in [-0.15, -0.1) is 4.91 Å². The van der Waals surface area contributed by atoms with Crippen molar-refractivity contribution >= 4 is 26.6 Å². The highest BCUT2D eigenvalue weighted by Gasteiger charge is 2.26. The van der Waals surface area contributed by atoms with Crippen molar-refractivity contribution in [3.63, 3.8) is 0 Å². The van der Waals surface area contributed by atoms with E-state index in [1.807, 2.05) is 7.05 Å². The fourth-order valence-electron chi connectivity index (χ4n) is 4.41. The second-order valence-electron chi connectivity index (χ2n) is 8.08. The Morgan fingerprint density at radius 2 is 1.79 bits per heavy atom. The molecule has 0 atom stereocenters.